The van der Waals surface area contributed by atoms with Crippen LogP contribution < -0.4 is 5.56 Å². The molecule has 1 heterocycles. The summed E-state index contributed by atoms with van der Waals surface area (Å²) in [5.41, 5.74) is 2.75. The Labute approximate surface area is 255 Å². The minimum atomic E-state index is -0.479. The van der Waals surface area contributed by atoms with Crippen molar-refractivity contribution >= 4 is 16.8 Å². The first-order valence-corrected chi connectivity index (χ1v) is 15.6. The van der Waals surface area contributed by atoms with E-state index in [1.807, 2.05) is 79.3 Å². The van der Waals surface area contributed by atoms with Gasteiger partial charge in [0.25, 0.3) is 5.56 Å². The minimum absolute atomic E-state index is 0.0577. The fourth-order valence-electron chi connectivity index (χ4n) is 5.49. The molecule has 4 aromatic rings. The highest BCUT2D eigenvalue weighted by Gasteiger charge is 2.27. The summed E-state index contributed by atoms with van der Waals surface area (Å²) in [4.78, 5) is 36.8. The van der Waals surface area contributed by atoms with E-state index in [4.69, 9.17) is 4.98 Å². The zero-order valence-corrected chi connectivity index (χ0v) is 26.1. The molecular weight excluding hydrogens is 539 g/mol. The number of rotatable bonds is 15. The van der Waals surface area contributed by atoms with Gasteiger partial charge < -0.3 is 9.80 Å². The first-order chi connectivity index (χ1) is 20.8. The van der Waals surface area contributed by atoms with Gasteiger partial charge in [0.05, 0.1) is 22.6 Å². The van der Waals surface area contributed by atoms with Crippen LogP contribution in [0, 0.1) is 5.82 Å². The third-order valence-electron chi connectivity index (χ3n) is 8.03. The summed E-state index contributed by atoms with van der Waals surface area (Å²) in [6, 6.07) is 21.0. The average Bonchev–Trinajstić information content (AvgIpc) is 3.01. The quantitative estimate of drug-likeness (QED) is 0.134. The molecule has 6 nitrogen and oxygen atoms in total. The van der Waals surface area contributed by atoms with Gasteiger partial charge in [-0.3, -0.25) is 14.2 Å². The molecule has 0 saturated carbocycles. The second-order valence-corrected chi connectivity index (χ2v) is 11.6. The lowest BCUT2D eigenvalue weighted by Crippen LogP contribution is -2.40. The smallest absolute Gasteiger partial charge is 0.266 e. The number of hydrogen-bond donors (Lipinski definition) is 0. The van der Waals surface area contributed by atoms with Gasteiger partial charge in [-0.2, -0.15) is 0 Å². The van der Waals surface area contributed by atoms with Crippen molar-refractivity contribution in [2.24, 2.45) is 0 Å². The van der Waals surface area contributed by atoms with E-state index in [-0.39, 0.29) is 17.3 Å². The molecule has 43 heavy (non-hydrogen) atoms. The van der Waals surface area contributed by atoms with Crippen molar-refractivity contribution in [1.29, 1.82) is 0 Å². The molecular formula is C36H45FN4O2. The van der Waals surface area contributed by atoms with Gasteiger partial charge >= 0.3 is 0 Å². The number of carbonyl (C=O) groups is 1. The molecule has 0 N–H and O–H groups in total. The number of halogens is 1. The Morgan fingerprint density at radius 1 is 0.860 bits per heavy atom. The van der Waals surface area contributed by atoms with Crippen LogP contribution in [0.15, 0.2) is 77.6 Å². The van der Waals surface area contributed by atoms with Crippen molar-refractivity contribution in [3.8, 4) is 16.8 Å². The minimum Gasteiger partial charge on any atom is -0.331 e. The van der Waals surface area contributed by atoms with Crippen LogP contribution in [0.2, 0.25) is 0 Å². The number of amides is 1. The van der Waals surface area contributed by atoms with Gasteiger partial charge in [0.1, 0.15) is 11.6 Å². The Kier molecular flexibility index (Phi) is 11.6. The lowest BCUT2D eigenvalue weighted by Gasteiger charge is -2.31. The van der Waals surface area contributed by atoms with Crippen molar-refractivity contribution in [1.82, 2.24) is 19.4 Å². The lowest BCUT2D eigenvalue weighted by atomic mass is 10.0. The maximum Gasteiger partial charge on any atom is 0.266 e. The molecule has 1 amide bonds. The van der Waals surface area contributed by atoms with Crippen LogP contribution >= 0.6 is 0 Å². The van der Waals surface area contributed by atoms with Crippen LogP contribution in [0.4, 0.5) is 4.39 Å². The molecule has 1 unspecified atom stereocenters. The molecule has 0 radical (unpaired) electrons. The highest BCUT2D eigenvalue weighted by Crippen LogP contribution is 2.27. The zero-order valence-electron chi connectivity index (χ0n) is 26.1. The molecule has 3 aromatic carbocycles. The van der Waals surface area contributed by atoms with E-state index < -0.39 is 6.04 Å². The normalized spacial score (nSPS) is 12.1. The fraction of sp³-hybridized carbons (Fsp3) is 0.417. The summed E-state index contributed by atoms with van der Waals surface area (Å²) in [7, 11) is 3.97. The second kappa shape index (κ2) is 15.6. The lowest BCUT2D eigenvalue weighted by molar-refractivity contribution is -0.133. The molecule has 0 saturated heterocycles. The van der Waals surface area contributed by atoms with Gasteiger partial charge in [-0.15, -0.1) is 0 Å². The molecule has 0 aliphatic heterocycles. The summed E-state index contributed by atoms with van der Waals surface area (Å²) < 4.78 is 15.5. The molecule has 0 bridgehead atoms. The van der Waals surface area contributed by atoms with Gasteiger partial charge in [0, 0.05) is 19.5 Å². The van der Waals surface area contributed by atoms with Gasteiger partial charge in [-0.05, 0) is 75.0 Å². The van der Waals surface area contributed by atoms with Crippen molar-refractivity contribution in [2.75, 3.05) is 27.2 Å². The molecule has 7 heteroatoms. The summed E-state index contributed by atoms with van der Waals surface area (Å²) in [6.07, 6.45) is 8.41. The summed E-state index contributed by atoms with van der Waals surface area (Å²) in [5.74, 6) is 0.134. The van der Waals surface area contributed by atoms with Gasteiger partial charge in [-0.25, -0.2) is 9.37 Å². The van der Waals surface area contributed by atoms with Crippen LogP contribution in [-0.2, 0) is 4.79 Å². The largest absolute Gasteiger partial charge is 0.331 e. The van der Waals surface area contributed by atoms with Crippen LogP contribution in [0.25, 0.3) is 27.7 Å². The van der Waals surface area contributed by atoms with Crippen LogP contribution in [0.1, 0.15) is 77.1 Å². The number of aromatic nitrogens is 2. The number of hydrogen-bond acceptors (Lipinski definition) is 4. The van der Waals surface area contributed by atoms with Gasteiger partial charge in [-0.1, -0.05) is 81.8 Å². The molecule has 0 spiro atoms. The van der Waals surface area contributed by atoms with Crippen LogP contribution in [-0.4, -0.2) is 52.4 Å². The van der Waals surface area contributed by atoms with E-state index in [0.717, 1.165) is 30.4 Å². The molecule has 0 fully saturated rings. The Morgan fingerprint density at radius 2 is 1.53 bits per heavy atom. The zero-order chi connectivity index (χ0) is 30.8. The molecule has 1 aromatic heterocycles. The molecule has 0 aliphatic rings. The third kappa shape index (κ3) is 8.38. The van der Waals surface area contributed by atoms with Crippen LogP contribution in [0.5, 0.6) is 0 Å². The van der Waals surface area contributed by atoms with Crippen molar-refractivity contribution in [2.45, 2.75) is 71.3 Å². The van der Waals surface area contributed by atoms with E-state index in [9.17, 15) is 14.0 Å². The first-order valence-electron chi connectivity index (χ1n) is 15.6. The Hall–Kier alpha value is -3.84. The third-order valence-corrected chi connectivity index (χ3v) is 8.03. The van der Waals surface area contributed by atoms with E-state index in [1.165, 1.54) is 37.8 Å². The predicted octanol–water partition coefficient (Wildman–Crippen LogP) is 7.78. The van der Waals surface area contributed by atoms with Crippen molar-refractivity contribution in [3.05, 3.63) is 94.8 Å². The Bertz CT molecular complexity index is 1530. The maximum absolute atomic E-state index is 14.2. The SMILES string of the molecule is CCCCCCCCCC(=O)N(CCN(C)C)C(C)c1nc2ccc(-c3ccccc3)cc2c(=O)n1-c1ccc(F)cc1. The summed E-state index contributed by atoms with van der Waals surface area (Å²) in [5, 5.41) is 0.468. The van der Waals surface area contributed by atoms with Gasteiger partial charge in [0.15, 0.2) is 0 Å². The number of carbonyl (C=O) groups excluding carboxylic acids is 1. The van der Waals surface area contributed by atoms with Crippen molar-refractivity contribution < 1.29 is 9.18 Å². The summed E-state index contributed by atoms with van der Waals surface area (Å²) >= 11 is 0. The number of likely N-dealkylation sites (N-methyl/N-ethyl adjacent to an activating group) is 1. The predicted molar refractivity (Wildman–Crippen MR) is 174 cm³/mol. The summed E-state index contributed by atoms with van der Waals surface area (Å²) in [6.45, 7) is 5.34. The van der Waals surface area contributed by atoms with E-state index >= 15 is 0 Å². The maximum atomic E-state index is 14.2. The second-order valence-electron chi connectivity index (χ2n) is 11.6. The topological polar surface area (TPSA) is 58.4 Å². The number of nitrogens with zero attached hydrogens (tertiary/aromatic N) is 4. The van der Waals surface area contributed by atoms with Crippen molar-refractivity contribution in [3.63, 3.8) is 0 Å². The first kappa shape index (κ1) is 32.1. The molecule has 0 aliphatic carbocycles. The monoisotopic (exact) mass is 584 g/mol. The number of unbranched alkanes of at least 4 members (excludes halogenated alkanes) is 6. The number of benzene rings is 3. The van der Waals surface area contributed by atoms with E-state index in [2.05, 4.69) is 6.92 Å². The Morgan fingerprint density at radius 3 is 2.21 bits per heavy atom. The van der Waals surface area contributed by atoms with Gasteiger partial charge in [0.2, 0.25) is 5.91 Å². The van der Waals surface area contributed by atoms with E-state index in [0.29, 0.717) is 41.9 Å². The molecule has 1 atom stereocenters. The van der Waals surface area contributed by atoms with E-state index in [1.54, 1.807) is 16.7 Å². The fourth-order valence-corrected chi connectivity index (χ4v) is 5.49. The highest BCUT2D eigenvalue weighted by molar-refractivity contribution is 5.84. The average molecular weight is 585 g/mol. The standard InChI is InChI=1S/C36H45FN4O2/c1-5-6-7-8-9-10-14-17-34(42)40(25-24-39(3)4)27(2)35-38-33-23-18-29(28-15-12-11-13-16-28)26-32(33)36(43)41(35)31-21-19-30(37)20-22-31/h11-13,15-16,18-23,26-27H,5-10,14,17,24-25H2,1-4H3. The highest BCUT2D eigenvalue weighted by atomic mass is 19.1. The molecule has 4 rings (SSSR count). The van der Waals surface area contributed by atoms with Crippen LogP contribution in [0.3, 0.4) is 0 Å². The number of fused-ring (bicyclic) bond motifs is 1. The Balaban J connectivity index is 1.72. The molecule has 228 valence electrons.